The molecule has 0 fully saturated rings. The Hall–Kier alpha value is -2.87. The number of aromatic nitrogens is 2. The third-order valence-electron chi connectivity index (χ3n) is 3.92. The van der Waals surface area contributed by atoms with Crippen molar-refractivity contribution < 1.29 is 9.66 Å². The van der Waals surface area contributed by atoms with E-state index in [2.05, 4.69) is 4.98 Å². The lowest BCUT2D eigenvalue weighted by Crippen LogP contribution is -2.19. The highest BCUT2D eigenvalue weighted by molar-refractivity contribution is 7.98. The number of benzene rings is 2. The predicted molar refractivity (Wildman–Crippen MR) is 105 cm³/mol. The average molecular weight is 385 g/mol. The zero-order chi connectivity index (χ0) is 19.6. The molecule has 1 heterocycles. The molecule has 7 nitrogen and oxygen atoms in total. The van der Waals surface area contributed by atoms with Gasteiger partial charge in [0.15, 0.2) is 5.16 Å². The van der Waals surface area contributed by atoms with Gasteiger partial charge in [-0.1, -0.05) is 23.9 Å². The maximum Gasteiger partial charge on any atom is 0.270 e. The molecule has 0 unspecified atom stereocenters. The van der Waals surface area contributed by atoms with E-state index in [4.69, 9.17) is 4.74 Å². The number of ether oxygens (including phenoxy) is 1. The van der Waals surface area contributed by atoms with E-state index in [1.54, 1.807) is 31.3 Å². The summed E-state index contributed by atoms with van der Waals surface area (Å²) in [7, 11) is 1.67. The second-order valence-electron chi connectivity index (χ2n) is 6.28. The molecule has 0 aliphatic heterocycles. The first-order valence-electron chi connectivity index (χ1n) is 8.39. The first-order valence-corrected chi connectivity index (χ1v) is 9.38. The summed E-state index contributed by atoms with van der Waals surface area (Å²) in [6.45, 7) is 3.79. The topological polar surface area (TPSA) is 87.3 Å². The molecule has 0 radical (unpaired) electrons. The highest BCUT2D eigenvalue weighted by Crippen LogP contribution is 2.31. The van der Waals surface area contributed by atoms with Crippen molar-refractivity contribution in [3.8, 4) is 5.75 Å². The number of thioether (sulfide) groups is 1. The van der Waals surface area contributed by atoms with Crippen LogP contribution < -0.4 is 10.3 Å². The first-order chi connectivity index (χ1) is 12.9. The molecule has 2 aromatic carbocycles. The van der Waals surface area contributed by atoms with E-state index in [-0.39, 0.29) is 17.4 Å². The fraction of sp³-hybridized carbons (Fsp3) is 0.263. The SMILES string of the molecule is CC(C)Oc1ccc([N+](=O)[O-])cc1CSc1nc2ccccc2c(=O)n1C. The summed E-state index contributed by atoms with van der Waals surface area (Å²) in [6, 6.07) is 11.7. The minimum Gasteiger partial charge on any atom is -0.491 e. The Morgan fingerprint density at radius 2 is 2.00 bits per heavy atom. The molecule has 0 amide bonds. The van der Waals surface area contributed by atoms with Gasteiger partial charge < -0.3 is 4.74 Å². The van der Waals surface area contributed by atoms with Crippen LogP contribution in [-0.2, 0) is 12.8 Å². The molecular formula is C19H19N3O4S. The highest BCUT2D eigenvalue weighted by atomic mass is 32.2. The van der Waals surface area contributed by atoms with Gasteiger partial charge >= 0.3 is 0 Å². The molecule has 8 heteroatoms. The number of fused-ring (bicyclic) bond motifs is 1. The summed E-state index contributed by atoms with van der Waals surface area (Å²) in [5.41, 5.74) is 1.19. The van der Waals surface area contributed by atoms with Crippen molar-refractivity contribution in [3.63, 3.8) is 0 Å². The Labute approximate surface area is 160 Å². The Morgan fingerprint density at radius 3 is 2.70 bits per heavy atom. The summed E-state index contributed by atoms with van der Waals surface area (Å²) < 4.78 is 7.26. The Morgan fingerprint density at radius 1 is 1.26 bits per heavy atom. The number of non-ortho nitro benzene ring substituents is 1. The van der Waals surface area contributed by atoms with Gasteiger partial charge in [0.2, 0.25) is 0 Å². The average Bonchev–Trinajstić information content (AvgIpc) is 2.64. The van der Waals surface area contributed by atoms with Crippen molar-refractivity contribution >= 4 is 28.4 Å². The summed E-state index contributed by atoms with van der Waals surface area (Å²) >= 11 is 1.34. The number of hydrogen-bond donors (Lipinski definition) is 0. The molecule has 0 bridgehead atoms. The van der Waals surface area contributed by atoms with Crippen molar-refractivity contribution in [1.82, 2.24) is 9.55 Å². The van der Waals surface area contributed by atoms with Crippen molar-refractivity contribution in [3.05, 3.63) is 68.5 Å². The number of hydrogen-bond acceptors (Lipinski definition) is 6. The normalized spacial score (nSPS) is 11.1. The van der Waals surface area contributed by atoms with E-state index in [9.17, 15) is 14.9 Å². The number of nitro groups is 1. The van der Waals surface area contributed by atoms with Gasteiger partial charge in [-0.2, -0.15) is 0 Å². The van der Waals surface area contributed by atoms with Gasteiger partial charge in [-0.15, -0.1) is 0 Å². The van der Waals surface area contributed by atoms with Gasteiger partial charge in [-0.05, 0) is 32.0 Å². The van der Waals surface area contributed by atoms with Gasteiger partial charge in [0.1, 0.15) is 5.75 Å². The zero-order valence-corrected chi connectivity index (χ0v) is 16.0. The molecule has 0 spiro atoms. The molecule has 140 valence electrons. The van der Waals surface area contributed by atoms with Gasteiger partial charge in [0.05, 0.1) is 21.9 Å². The van der Waals surface area contributed by atoms with E-state index >= 15 is 0 Å². The third kappa shape index (κ3) is 4.11. The molecule has 0 N–H and O–H groups in total. The summed E-state index contributed by atoms with van der Waals surface area (Å²) in [4.78, 5) is 27.7. The molecule has 1 aromatic heterocycles. The van der Waals surface area contributed by atoms with Crippen LogP contribution >= 0.6 is 11.8 Å². The maximum absolute atomic E-state index is 12.5. The van der Waals surface area contributed by atoms with Crippen molar-refractivity contribution in [2.75, 3.05) is 0 Å². The van der Waals surface area contributed by atoms with Crippen LogP contribution in [0.1, 0.15) is 19.4 Å². The molecule has 0 saturated carbocycles. The van der Waals surface area contributed by atoms with Crippen LogP contribution in [-0.4, -0.2) is 20.6 Å². The van der Waals surface area contributed by atoms with E-state index in [1.807, 2.05) is 19.9 Å². The van der Waals surface area contributed by atoms with E-state index in [0.717, 1.165) is 0 Å². The monoisotopic (exact) mass is 385 g/mol. The second-order valence-corrected chi connectivity index (χ2v) is 7.22. The smallest absolute Gasteiger partial charge is 0.270 e. The van der Waals surface area contributed by atoms with Crippen LogP contribution in [0.4, 0.5) is 5.69 Å². The van der Waals surface area contributed by atoms with Gasteiger partial charge in [0, 0.05) is 30.5 Å². The van der Waals surface area contributed by atoms with E-state index < -0.39 is 4.92 Å². The number of para-hydroxylation sites is 1. The maximum atomic E-state index is 12.5. The molecule has 0 aliphatic rings. The molecule has 27 heavy (non-hydrogen) atoms. The largest absolute Gasteiger partial charge is 0.491 e. The Bertz CT molecular complexity index is 1060. The van der Waals surface area contributed by atoms with Crippen molar-refractivity contribution in [1.29, 1.82) is 0 Å². The van der Waals surface area contributed by atoms with Crippen LogP contribution in [0.5, 0.6) is 5.75 Å². The lowest BCUT2D eigenvalue weighted by Gasteiger charge is -2.14. The molecule has 3 rings (SSSR count). The van der Waals surface area contributed by atoms with Crippen LogP contribution in [0.2, 0.25) is 0 Å². The summed E-state index contributed by atoms with van der Waals surface area (Å²) in [6.07, 6.45) is -0.0571. The third-order valence-corrected chi connectivity index (χ3v) is 5.00. The molecular weight excluding hydrogens is 366 g/mol. The highest BCUT2D eigenvalue weighted by Gasteiger charge is 2.15. The van der Waals surface area contributed by atoms with Crippen molar-refractivity contribution in [2.24, 2.45) is 7.05 Å². The first kappa shape index (κ1) is 18.9. The molecule has 0 atom stereocenters. The van der Waals surface area contributed by atoms with Crippen molar-refractivity contribution in [2.45, 2.75) is 30.9 Å². The van der Waals surface area contributed by atoms with Crippen LogP contribution in [0, 0.1) is 10.1 Å². The van der Waals surface area contributed by atoms with Crippen LogP contribution in [0.15, 0.2) is 52.4 Å². The van der Waals surface area contributed by atoms with Gasteiger partial charge in [0.25, 0.3) is 11.2 Å². The quantitative estimate of drug-likeness (QED) is 0.277. The van der Waals surface area contributed by atoms with Crippen LogP contribution in [0.3, 0.4) is 0 Å². The number of nitro benzene ring substituents is 1. The summed E-state index contributed by atoms with van der Waals surface area (Å²) in [5.74, 6) is 0.983. The lowest BCUT2D eigenvalue weighted by molar-refractivity contribution is -0.384. The fourth-order valence-corrected chi connectivity index (χ4v) is 3.58. The van der Waals surface area contributed by atoms with Crippen LogP contribution in [0.25, 0.3) is 10.9 Å². The minimum absolute atomic E-state index is 0.00191. The fourth-order valence-electron chi connectivity index (χ4n) is 2.63. The summed E-state index contributed by atoms with van der Waals surface area (Å²) in [5, 5.41) is 12.2. The second kappa shape index (κ2) is 7.79. The van der Waals surface area contributed by atoms with Gasteiger partial charge in [-0.3, -0.25) is 19.5 Å². The van der Waals surface area contributed by atoms with Gasteiger partial charge in [-0.25, -0.2) is 4.98 Å². The van der Waals surface area contributed by atoms with E-state index in [1.165, 1.54) is 28.5 Å². The Kier molecular flexibility index (Phi) is 5.46. The zero-order valence-electron chi connectivity index (χ0n) is 15.2. The molecule has 3 aromatic rings. The standard InChI is InChI=1S/C19H19N3O4S/c1-12(2)26-17-9-8-14(22(24)25)10-13(17)11-27-19-20-16-7-5-4-6-15(16)18(23)21(19)3/h4-10,12H,11H2,1-3H3. The number of rotatable bonds is 6. The molecule has 0 saturated heterocycles. The predicted octanol–water partition coefficient (Wildman–Crippen LogP) is 3.92. The lowest BCUT2D eigenvalue weighted by atomic mass is 10.2. The van der Waals surface area contributed by atoms with E-state index in [0.29, 0.717) is 33.1 Å². The Balaban J connectivity index is 1.95. The molecule has 0 aliphatic carbocycles. The minimum atomic E-state index is -0.433. The number of nitrogens with zero attached hydrogens (tertiary/aromatic N) is 3.